The van der Waals surface area contributed by atoms with Crippen molar-refractivity contribution in [3.8, 4) is 34.6 Å². The number of phenolic OH excluding ortho intramolecular Hbond substituents is 3. The summed E-state index contributed by atoms with van der Waals surface area (Å²) in [5.41, 5.74) is 5.46. The molecule has 14 heteroatoms. The molecule has 34 heavy (non-hydrogen) atoms. The summed E-state index contributed by atoms with van der Waals surface area (Å²) in [5, 5.41) is 43.9. The van der Waals surface area contributed by atoms with Crippen LogP contribution in [-0.2, 0) is 0 Å². The molecule has 172 valence electrons. The first-order chi connectivity index (χ1) is 16.3. The van der Waals surface area contributed by atoms with Crippen LogP contribution in [0, 0.1) is 5.82 Å². The van der Waals surface area contributed by atoms with Crippen molar-refractivity contribution in [1.29, 1.82) is 0 Å². The number of hydrogen-bond donors (Lipinski definition) is 4. The Morgan fingerprint density at radius 2 is 1.91 bits per heavy atom. The molecule has 4 aromatic rings. The standard InChI is InChI=1S/C20H15FN8O5/c21-14-7-12(29(20(22)33)25-9-11-5-15(30)19(32)16(31)6-11)1-2-17(14)34-13-3-4-23-18(8-13)28-10-24-26-27-28/h1-10,30-32H,(H2,22,33)/b25-9+. The third-order valence-corrected chi connectivity index (χ3v) is 4.31. The van der Waals surface area contributed by atoms with Gasteiger partial charge in [0.05, 0.1) is 11.9 Å². The van der Waals surface area contributed by atoms with E-state index in [1.54, 1.807) is 0 Å². The molecule has 0 unspecified atom stereocenters. The van der Waals surface area contributed by atoms with Gasteiger partial charge in [-0.1, -0.05) is 0 Å². The van der Waals surface area contributed by atoms with Gasteiger partial charge in [0.1, 0.15) is 12.1 Å². The lowest BCUT2D eigenvalue weighted by Crippen LogP contribution is -2.31. The molecule has 0 spiro atoms. The van der Waals surface area contributed by atoms with Crippen LogP contribution >= 0.6 is 0 Å². The van der Waals surface area contributed by atoms with E-state index in [9.17, 15) is 24.5 Å². The average molecular weight is 466 g/mol. The molecule has 0 radical (unpaired) electrons. The summed E-state index contributed by atoms with van der Waals surface area (Å²) in [4.78, 5) is 16.0. The first-order valence-electron chi connectivity index (χ1n) is 9.37. The lowest BCUT2D eigenvalue weighted by molar-refractivity contribution is 0.254. The zero-order valence-electron chi connectivity index (χ0n) is 17.0. The zero-order valence-corrected chi connectivity index (χ0v) is 17.0. The molecule has 5 N–H and O–H groups in total. The first kappa shape index (κ1) is 21.9. The smallest absolute Gasteiger partial charge is 0.340 e. The van der Waals surface area contributed by atoms with E-state index in [1.807, 2.05) is 0 Å². The van der Waals surface area contributed by atoms with Crippen molar-refractivity contribution in [3.63, 3.8) is 0 Å². The second-order valence-corrected chi connectivity index (χ2v) is 6.62. The van der Waals surface area contributed by atoms with Crippen molar-refractivity contribution >= 4 is 17.9 Å². The number of nitrogens with two attached hydrogens (primary N) is 1. The second kappa shape index (κ2) is 9.07. The van der Waals surface area contributed by atoms with Crippen LogP contribution in [0.4, 0.5) is 14.9 Å². The molecular formula is C20H15FN8O5. The number of carbonyl (C=O) groups is 1. The lowest BCUT2D eigenvalue weighted by atomic mass is 10.2. The fraction of sp³-hybridized carbons (Fsp3) is 0. The van der Waals surface area contributed by atoms with Crippen LogP contribution in [0.2, 0.25) is 0 Å². The van der Waals surface area contributed by atoms with Gasteiger partial charge in [0.25, 0.3) is 0 Å². The van der Waals surface area contributed by atoms with Crippen molar-refractivity contribution in [1.82, 2.24) is 25.2 Å². The molecule has 13 nitrogen and oxygen atoms in total. The van der Waals surface area contributed by atoms with E-state index < -0.39 is 29.1 Å². The Labute approximate surface area is 189 Å². The van der Waals surface area contributed by atoms with Gasteiger partial charge in [-0.25, -0.2) is 14.2 Å². The van der Waals surface area contributed by atoms with E-state index in [2.05, 4.69) is 25.6 Å². The molecule has 2 heterocycles. The van der Waals surface area contributed by atoms with Gasteiger partial charge in [-0.3, -0.25) is 0 Å². The van der Waals surface area contributed by atoms with Crippen LogP contribution in [0.5, 0.6) is 28.7 Å². The van der Waals surface area contributed by atoms with Gasteiger partial charge >= 0.3 is 6.03 Å². The predicted molar refractivity (Wildman–Crippen MR) is 115 cm³/mol. The molecule has 0 aliphatic heterocycles. The van der Waals surface area contributed by atoms with E-state index >= 15 is 0 Å². The van der Waals surface area contributed by atoms with E-state index in [-0.39, 0.29) is 22.7 Å². The largest absolute Gasteiger partial charge is 0.504 e. The minimum Gasteiger partial charge on any atom is -0.504 e. The number of tetrazole rings is 1. The van der Waals surface area contributed by atoms with E-state index in [0.717, 1.165) is 24.4 Å². The summed E-state index contributed by atoms with van der Waals surface area (Å²) in [6, 6.07) is 7.74. The number of primary amides is 1. The van der Waals surface area contributed by atoms with Gasteiger partial charge < -0.3 is 25.8 Å². The molecule has 0 saturated heterocycles. The molecule has 4 rings (SSSR count). The number of aromatic hydroxyl groups is 3. The number of carbonyl (C=O) groups excluding carboxylic acids is 1. The second-order valence-electron chi connectivity index (χ2n) is 6.62. The van der Waals surface area contributed by atoms with Crippen LogP contribution in [0.1, 0.15) is 5.56 Å². The number of benzene rings is 2. The topological polar surface area (TPSA) is 185 Å². The van der Waals surface area contributed by atoms with Crippen molar-refractivity contribution in [2.45, 2.75) is 0 Å². The monoisotopic (exact) mass is 466 g/mol. The van der Waals surface area contributed by atoms with Gasteiger partial charge in [0.2, 0.25) is 0 Å². The van der Waals surface area contributed by atoms with Crippen molar-refractivity contribution in [3.05, 3.63) is 66.4 Å². The summed E-state index contributed by atoms with van der Waals surface area (Å²) in [5.74, 6) is -2.28. The van der Waals surface area contributed by atoms with Crippen molar-refractivity contribution in [2.24, 2.45) is 10.8 Å². The number of anilines is 1. The average Bonchev–Trinajstić information content (AvgIpc) is 3.34. The fourth-order valence-corrected chi connectivity index (χ4v) is 2.76. The predicted octanol–water partition coefficient (Wildman–Crippen LogP) is 2.02. The number of phenols is 3. The lowest BCUT2D eigenvalue weighted by Gasteiger charge is -2.16. The third-order valence-electron chi connectivity index (χ3n) is 4.31. The highest BCUT2D eigenvalue weighted by molar-refractivity contribution is 5.93. The summed E-state index contributed by atoms with van der Waals surface area (Å²) in [6.07, 6.45) is 3.84. The summed E-state index contributed by atoms with van der Waals surface area (Å²) < 4.78 is 21.6. The number of hydrogen-bond acceptors (Lipinski definition) is 10. The maximum absolute atomic E-state index is 14.7. The highest BCUT2D eigenvalue weighted by Gasteiger charge is 2.16. The number of aromatic nitrogens is 5. The van der Waals surface area contributed by atoms with Crippen LogP contribution in [0.3, 0.4) is 0 Å². The Kier molecular flexibility index (Phi) is 5.86. The maximum atomic E-state index is 14.7. The van der Waals surface area contributed by atoms with Crippen molar-refractivity contribution in [2.75, 3.05) is 5.01 Å². The Morgan fingerprint density at radius 3 is 2.56 bits per heavy atom. The van der Waals surface area contributed by atoms with Crippen LogP contribution in [0.15, 0.2) is 60.1 Å². The van der Waals surface area contributed by atoms with Crippen molar-refractivity contribution < 1.29 is 29.2 Å². The zero-order chi connectivity index (χ0) is 24.2. The van der Waals surface area contributed by atoms with E-state index in [0.29, 0.717) is 10.8 Å². The molecule has 2 aromatic carbocycles. The van der Waals surface area contributed by atoms with E-state index in [1.165, 1.54) is 41.5 Å². The first-order valence-corrected chi connectivity index (χ1v) is 9.37. The minimum absolute atomic E-state index is 0.0232. The molecule has 0 atom stereocenters. The Hall–Kier alpha value is -5.27. The number of pyridine rings is 1. The molecule has 0 aliphatic carbocycles. The van der Waals surface area contributed by atoms with Crippen LogP contribution in [0.25, 0.3) is 5.82 Å². The normalized spacial score (nSPS) is 11.0. The Bertz CT molecular complexity index is 1360. The number of ether oxygens (including phenoxy) is 1. The molecule has 0 fully saturated rings. The molecular weight excluding hydrogens is 451 g/mol. The van der Waals surface area contributed by atoms with Crippen LogP contribution in [-0.4, -0.2) is 52.8 Å². The Morgan fingerprint density at radius 1 is 1.15 bits per heavy atom. The number of halogens is 1. The Balaban J connectivity index is 1.56. The third kappa shape index (κ3) is 4.64. The molecule has 0 saturated carbocycles. The molecule has 2 amide bonds. The summed E-state index contributed by atoms with van der Waals surface area (Å²) in [7, 11) is 0. The number of hydrazone groups is 1. The number of rotatable bonds is 6. The van der Waals surface area contributed by atoms with Gasteiger partial charge in [-0.05, 0) is 40.8 Å². The number of nitrogens with zero attached hydrogens (tertiary/aromatic N) is 7. The maximum Gasteiger partial charge on any atom is 0.340 e. The highest BCUT2D eigenvalue weighted by atomic mass is 19.1. The fourth-order valence-electron chi connectivity index (χ4n) is 2.76. The summed E-state index contributed by atoms with van der Waals surface area (Å²) >= 11 is 0. The molecule has 0 bridgehead atoms. The molecule has 2 aromatic heterocycles. The van der Waals surface area contributed by atoms with Gasteiger partial charge in [-0.15, -0.1) is 5.10 Å². The van der Waals surface area contributed by atoms with E-state index in [4.69, 9.17) is 10.5 Å². The van der Waals surface area contributed by atoms with Crippen LogP contribution < -0.4 is 15.5 Å². The number of amides is 2. The van der Waals surface area contributed by atoms with Gasteiger partial charge in [-0.2, -0.15) is 14.8 Å². The molecule has 0 aliphatic rings. The highest BCUT2D eigenvalue weighted by Crippen LogP contribution is 2.35. The summed E-state index contributed by atoms with van der Waals surface area (Å²) in [6.45, 7) is 0. The van der Waals surface area contributed by atoms with Gasteiger partial charge in [0.15, 0.2) is 34.6 Å². The minimum atomic E-state index is -1.03. The van der Waals surface area contributed by atoms with Gasteiger partial charge in [0, 0.05) is 23.9 Å². The quantitative estimate of drug-likeness (QED) is 0.187. The SMILES string of the molecule is NC(=O)N(/N=C/c1cc(O)c(O)c(O)c1)c1ccc(Oc2ccnc(-n3cnnn3)c2)c(F)c1. The number of urea groups is 1.